The molecule has 0 saturated carbocycles. The van der Waals surface area contributed by atoms with Crippen LogP contribution < -0.4 is 4.74 Å². The third-order valence-electron chi connectivity index (χ3n) is 2.12. The first-order valence-corrected chi connectivity index (χ1v) is 5.98. The number of rotatable bonds is 8. The Morgan fingerprint density at radius 2 is 1.95 bits per heavy atom. The third-order valence-corrected chi connectivity index (χ3v) is 2.12. The van der Waals surface area contributed by atoms with Gasteiger partial charge in [-0.05, 0) is 19.1 Å². The predicted molar refractivity (Wildman–Crippen MR) is 69.7 cm³/mol. The Morgan fingerprint density at radius 1 is 1.21 bits per heavy atom. The number of hydrogen-bond acceptors (Lipinski definition) is 5. The SMILES string of the molecule is CC(=COCCOCCO)C(=O)Oc1ccccc1. The van der Waals surface area contributed by atoms with Gasteiger partial charge in [0.05, 0.1) is 31.7 Å². The molecule has 0 saturated heterocycles. The van der Waals surface area contributed by atoms with Crippen LogP contribution in [0, 0.1) is 0 Å². The smallest absolute Gasteiger partial charge is 0.342 e. The second-order valence-corrected chi connectivity index (χ2v) is 3.71. The van der Waals surface area contributed by atoms with Crippen LogP contribution in [0.15, 0.2) is 42.2 Å². The maximum atomic E-state index is 11.6. The molecule has 0 atom stereocenters. The van der Waals surface area contributed by atoms with E-state index in [9.17, 15) is 4.79 Å². The molecule has 0 amide bonds. The zero-order valence-electron chi connectivity index (χ0n) is 10.9. The molecule has 1 N–H and O–H groups in total. The second kappa shape index (κ2) is 9.13. The fourth-order valence-corrected chi connectivity index (χ4v) is 1.18. The largest absolute Gasteiger partial charge is 0.498 e. The van der Waals surface area contributed by atoms with Crippen molar-refractivity contribution in [1.82, 2.24) is 0 Å². The van der Waals surface area contributed by atoms with Crippen molar-refractivity contribution in [1.29, 1.82) is 0 Å². The molecule has 104 valence electrons. The minimum absolute atomic E-state index is 0.0156. The number of ether oxygens (including phenoxy) is 3. The summed E-state index contributed by atoms with van der Waals surface area (Å²) in [6.45, 7) is 2.55. The van der Waals surface area contributed by atoms with Crippen LogP contribution >= 0.6 is 0 Å². The lowest BCUT2D eigenvalue weighted by molar-refractivity contribution is -0.130. The van der Waals surface area contributed by atoms with Crippen molar-refractivity contribution in [3.8, 4) is 5.75 Å². The van der Waals surface area contributed by atoms with Crippen LogP contribution in [0.4, 0.5) is 0 Å². The Balaban J connectivity index is 2.27. The molecule has 0 aliphatic carbocycles. The number of benzene rings is 1. The van der Waals surface area contributed by atoms with Gasteiger partial charge >= 0.3 is 5.97 Å². The van der Waals surface area contributed by atoms with Gasteiger partial charge in [-0.2, -0.15) is 0 Å². The molecule has 1 aromatic rings. The van der Waals surface area contributed by atoms with Crippen molar-refractivity contribution >= 4 is 5.97 Å². The fraction of sp³-hybridized carbons (Fsp3) is 0.357. The number of carbonyl (C=O) groups is 1. The number of para-hydroxylation sites is 1. The van der Waals surface area contributed by atoms with Crippen molar-refractivity contribution in [2.24, 2.45) is 0 Å². The maximum absolute atomic E-state index is 11.6. The minimum Gasteiger partial charge on any atom is -0.498 e. The Bertz CT molecular complexity index is 400. The summed E-state index contributed by atoms with van der Waals surface area (Å²) in [5, 5.41) is 8.49. The number of esters is 1. The minimum atomic E-state index is -0.456. The monoisotopic (exact) mass is 266 g/mol. The summed E-state index contributed by atoms with van der Waals surface area (Å²) in [4.78, 5) is 11.6. The molecule has 0 unspecified atom stereocenters. The maximum Gasteiger partial charge on any atom is 0.342 e. The first-order chi connectivity index (χ1) is 9.24. The Hall–Kier alpha value is -1.85. The van der Waals surface area contributed by atoms with E-state index in [0.29, 0.717) is 24.5 Å². The number of carbonyl (C=O) groups excluding carboxylic acids is 1. The molecule has 5 heteroatoms. The Kier molecular flexibility index (Phi) is 7.31. The normalized spacial score (nSPS) is 11.2. The topological polar surface area (TPSA) is 65.0 Å². The zero-order chi connectivity index (χ0) is 13.9. The highest BCUT2D eigenvalue weighted by Crippen LogP contribution is 2.10. The van der Waals surface area contributed by atoms with Gasteiger partial charge in [0.15, 0.2) is 0 Å². The van der Waals surface area contributed by atoms with E-state index in [1.807, 2.05) is 6.07 Å². The molecule has 0 fully saturated rings. The van der Waals surface area contributed by atoms with E-state index in [-0.39, 0.29) is 13.2 Å². The van der Waals surface area contributed by atoms with Crippen LogP contribution in [-0.4, -0.2) is 37.5 Å². The van der Waals surface area contributed by atoms with Crippen molar-refractivity contribution in [2.75, 3.05) is 26.4 Å². The average molecular weight is 266 g/mol. The quantitative estimate of drug-likeness (QED) is 0.254. The van der Waals surface area contributed by atoms with Crippen molar-refractivity contribution in [2.45, 2.75) is 6.92 Å². The van der Waals surface area contributed by atoms with Gasteiger partial charge in [0.25, 0.3) is 0 Å². The molecule has 0 aliphatic rings. The van der Waals surface area contributed by atoms with Crippen LogP contribution in [-0.2, 0) is 14.3 Å². The molecule has 19 heavy (non-hydrogen) atoms. The van der Waals surface area contributed by atoms with Crippen LogP contribution in [0.3, 0.4) is 0 Å². The molecular weight excluding hydrogens is 248 g/mol. The van der Waals surface area contributed by atoms with Gasteiger partial charge < -0.3 is 19.3 Å². The van der Waals surface area contributed by atoms with Gasteiger partial charge in [-0.1, -0.05) is 18.2 Å². The molecule has 0 aliphatic heterocycles. The van der Waals surface area contributed by atoms with Gasteiger partial charge in [0.2, 0.25) is 0 Å². The molecular formula is C14H18O5. The van der Waals surface area contributed by atoms with Crippen molar-refractivity contribution in [3.05, 3.63) is 42.2 Å². The first kappa shape index (κ1) is 15.2. The summed E-state index contributed by atoms with van der Waals surface area (Å²) in [5.74, 6) is 0.0361. The highest BCUT2D eigenvalue weighted by Gasteiger charge is 2.07. The summed E-state index contributed by atoms with van der Waals surface area (Å²) in [5.41, 5.74) is 0.367. The lowest BCUT2D eigenvalue weighted by atomic mass is 10.3. The van der Waals surface area contributed by atoms with E-state index < -0.39 is 5.97 Å². The van der Waals surface area contributed by atoms with Gasteiger partial charge in [-0.15, -0.1) is 0 Å². The second-order valence-electron chi connectivity index (χ2n) is 3.71. The lowest BCUT2D eigenvalue weighted by Crippen LogP contribution is -2.10. The van der Waals surface area contributed by atoms with Gasteiger partial charge in [0.1, 0.15) is 12.4 Å². The Labute approximate surface area is 112 Å². The Morgan fingerprint density at radius 3 is 2.63 bits per heavy atom. The molecule has 5 nitrogen and oxygen atoms in total. The van der Waals surface area contributed by atoms with Crippen LogP contribution in [0.5, 0.6) is 5.75 Å². The van der Waals surface area contributed by atoms with E-state index in [4.69, 9.17) is 19.3 Å². The van der Waals surface area contributed by atoms with Gasteiger partial charge in [-0.3, -0.25) is 0 Å². The predicted octanol–water partition coefficient (Wildman–Crippen LogP) is 1.52. The van der Waals surface area contributed by atoms with E-state index in [2.05, 4.69) is 0 Å². The molecule has 0 bridgehead atoms. The molecule has 0 spiro atoms. The highest BCUT2D eigenvalue weighted by molar-refractivity contribution is 5.89. The molecule has 0 heterocycles. The molecule has 0 radical (unpaired) electrons. The summed E-state index contributed by atoms with van der Waals surface area (Å²) in [6.07, 6.45) is 1.34. The fourth-order valence-electron chi connectivity index (χ4n) is 1.18. The third kappa shape index (κ3) is 6.59. The van der Waals surface area contributed by atoms with Crippen molar-refractivity contribution in [3.63, 3.8) is 0 Å². The lowest BCUT2D eigenvalue weighted by Gasteiger charge is -2.05. The van der Waals surface area contributed by atoms with Gasteiger partial charge in [0, 0.05) is 0 Å². The van der Waals surface area contributed by atoms with E-state index in [0.717, 1.165) is 0 Å². The van der Waals surface area contributed by atoms with Crippen LogP contribution in [0.2, 0.25) is 0 Å². The number of hydrogen-bond donors (Lipinski definition) is 1. The van der Waals surface area contributed by atoms with Crippen molar-refractivity contribution < 1.29 is 24.1 Å². The zero-order valence-corrected chi connectivity index (χ0v) is 10.9. The summed E-state index contributed by atoms with van der Waals surface area (Å²) in [7, 11) is 0. The summed E-state index contributed by atoms with van der Waals surface area (Å²) in [6, 6.07) is 8.83. The average Bonchev–Trinajstić information content (AvgIpc) is 2.43. The first-order valence-electron chi connectivity index (χ1n) is 5.98. The molecule has 0 aromatic heterocycles. The number of aliphatic hydroxyl groups excluding tert-OH is 1. The van der Waals surface area contributed by atoms with E-state index in [1.165, 1.54) is 6.26 Å². The molecule has 1 rings (SSSR count). The van der Waals surface area contributed by atoms with E-state index >= 15 is 0 Å². The standard InChI is InChI=1S/C14H18O5/c1-12(11-18-10-9-17-8-7-15)14(16)19-13-5-3-2-4-6-13/h2-6,11,15H,7-10H2,1H3. The summed E-state index contributed by atoms with van der Waals surface area (Å²) >= 11 is 0. The van der Waals surface area contributed by atoms with Crippen LogP contribution in [0.25, 0.3) is 0 Å². The number of aliphatic hydroxyl groups is 1. The van der Waals surface area contributed by atoms with Crippen LogP contribution in [0.1, 0.15) is 6.92 Å². The highest BCUT2D eigenvalue weighted by atomic mass is 16.5. The van der Waals surface area contributed by atoms with E-state index in [1.54, 1.807) is 31.2 Å². The summed E-state index contributed by atoms with van der Waals surface area (Å²) < 4.78 is 15.3. The molecule has 1 aromatic carbocycles. The van der Waals surface area contributed by atoms with Gasteiger partial charge in [-0.25, -0.2) is 4.79 Å².